The van der Waals surface area contributed by atoms with Crippen LogP contribution < -0.4 is 5.73 Å². The number of halogens is 2. The van der Waals surface area contributed by atoms with Gasteiger partial charge in [0.05, 0.1) is 0 Å². The zero-order valence-corrected chi connectivity index (χ0v) is 12.2. The highest BCUT2D eigenvalue weighted by atomic mass is 127. The molecule has 0 bridgehead atoms. The summed E-state index contributed by atoms with van der Waals surface area (Å²) in [6, 6.07) is 9.13. The number of hydrogen-bond donors (Lipinski definition) is 1. The third kappa shape index (κ3) is 4.20. The average molecular weight is 353 g/mol. The molecule has 1 fully saturated rings. The van der Waals surface area contributed by atoms with Crippen LogP contribution in [0.3, 0.4) is 0 Å². The van der Waals surface area contributed by atoms with Gasteiger partial charge in [-0.25, -0.2) is 0 Å². The van der Waals surface area contributed by atoms with E-state index in [-0.39, 0.29) is 12.4 Å². The molecule has 16 heavy (non-hydrogen) atoms. The minimum atomic E-state index is 0. The van der Waals surface area contributed by atoms with E-state index in [9.17, 15) is 0 Å². The minimum Gasteiger partial charge on any atom is -0.327 e. The van der Waals surface area contributed by atoms with Gasteiger partial charge in [0.1, 0.15) is 0 Å². The van der Waals surface area contributed by atoms with Gasteiger partial charge in [0.15, 0.2) is 0 Å². The lowest BCUT2D eigenvalue weighted by Gasteiger charge is -2.30. The third-order valence-electron chi connectivity index (χ3n) is 2.86. The van der Waals surface area contributed by atoms with Crippen molar-refractivity contribution in [3.63, 3.8) is 0 Å². The van der Waals surface area contributed by atoms with Gasteiger partial charge in [-0.15, -0.1) is 12.4 Å². The monoisotopic (exact) mass is 352 g/mol. The molecule has 0 aromatic heterocycles. The molecule has 0 spiro atoms. The first-order valence-corrected chi connectivity index (χ1v) is 6.54. The van der Waals surface area contributed by atoms with E-state index in [0.717, 1.165) is 13.1 Å². The van der Waals surface area contributed by atoms with E-state index >= 15 is 0 Å². The number of hydrogen-bond acceptors (Lipinski definition) is 2. The Morgan fingerprint density at radius 3 is 2.62 bits per heavy atom. The van der Waals surface area contributed by atoms with Crippen molar-refractivity contribution in [1.29, 1.82) is 0 Å². The number of benzene rings is 1. The van der Waals surface area contributed by atoms with Crippen LogP contribution in [-0.4, -0.2) is 24.0 Å². The van der Waals surface area contributed by atoms with Gasteiger partial charge in [0.2, 0.25) is 0 Å². The second kappa shape index (κ2) is 6.79. The normalized spacial score (nSPS) is 21.5. The molecule has 1 saturated heterocycles. The van der Waals surface area contributed by atoms with Crippen molar-refractivity contribution in [3.8, 4) is 0 Å². The number of rotatable bonds is 2. The molecule has 1 heterocycles. The molecule has 1 aromatic rings. The van der Waals surface area contributed by atoms with Gasteiger partial charge < -0.3 is 5.73 Å². The summed E-state index contributed by atoms with van der Waals surface area (Å²) in [5.74, 6) is 0. The van der Waals surface area contributed by atoms with Gasteiger partial charge in [0, 0.05) is 22.7 Å². The fourth-order valence-corrected chi connectivity index (χ4v) is 2.44. The van der Waals surface area contributed by atoms with Crippen molar-refractivity contribution in [2.75, 3.05) is 13.1 Å². The Kier molecular flexibility index (Phi) is 6.03. The SMILES string of the molecule is Cl.NC1CCCN(Cc2ccc(I)cc2)C1. The van der Waals surface area contributed by atoms with Crippen molar-refractivity contribution in [3.05, 3.63) is 33.4 Å². The molecule has 1 atom stereocenters. The smallest absolute Gasteiger partial charge is 0.0234 e. The number of likely N-dealkylation sites (tertiary alicyclic amines) is 1. The van der Waals surface area contributed by atoms with Gasteiger partial charge in [0.25, 0.3) is 0 Å². The van der Waals surface area contributed by atoms with Gasteiger partial charge in [-0.3, -0.25) is 4.90 Å². The molecule has 0 aliphatic carbocycles. The molecule has 2 rings (SSSR count). The Hall–Kier alpha value is 0.160. The van der Waals surface area contributed by atoms with E-state index in [2.05, 4.69) is 51.8 Å². The zero-order valence-electron chi connectivity index (χ0n) is 9.23. The molecule has 0 saturated carbocycles. The molecule has 2 N–H and O–H groups in total. The first-order chi connectivity index (χ1) is 7.24. The lowest BCUT2D eigenvalue weighted by molar-refractivity contribution is 0.201. The van der Waals surface area contributed by atoms with E-state index in [1.165, 1.54) is 28.5 Å². The van der Waals surface area contributed by atoms with Crippen LogP contribution in [0.1, 0.15) is 18.4 Å². The Balaban J connectivity index is 0.00000128. The maximum atomic E-state index is 5.96. The van der Waals surface area contributed by atoms with Crippen LogP contribution >= 0.6 is 35.0 Å². The largest absolute Gasteiger partial charge is 0.327 e. The molecule has 0 amide bonds. The van der Waals surface area contributed by atoms with Crippen LogP contribution in [0, 0.1) is 3.57 Å². The molecule has 0 radical (unpaired) electrons. The van der Waals surface area contributed by atoms with E-state index in [0.29, 0.717) is 6.04 Å². The Morgan fingerprint density at radius 1 is 1.31 bits per heavy atom. The van der Waals surface area contributed by atoms with E-state index in [1.807, 2.05) is 0 Å². The highest BCUT2D eigenvalue weighted by molar-refractivity contribution is 14.1. The van der Waals surface area contributed by atoms with Crippen molar-refractivity contribution in [1.82, 2.24) is 4.90 Å². The summed E-state index contributed by atoms with van der Waals surface area (Å²) < 4.78 is 1.30. The molecular weight excluding hydrogens is 335 g/mol. The highest BCUT2D eigenvalue weighted by Gasteiger charge is 2.16. The lowest BCUT2D eigenvalue weighted by atomic mass is 10.1. The predicted molar refractivity (Wildman–Crippen MR) is 78.9 cm³/mol. The molecule has 1 aliphatic heterocycles. The van der Waals surface area contributed by atoms with Crippen LogP contribution in [0.4, 0.5) is 0 Å². The van der Waals surface area contributed by atoms with Crippen LogP contribution in [-0.2, 0) is 6.54 Å². The van der Waals surface area contributed by atoms with Gasteiger partial charge in [-0.2, -0.15) is 0 Å². The first kappa shape index (κ1) is 14.2. The standard InChI is InChI=1S/C12H17IN2.ClH/c13-11-5-3-10(4-6-11)8-15-7-1-2-12(14)9-15;/h3-6,12H,1-2,7-9,14H2;1H. The van der Waals surface area contributed by atoms with Gasteiger partial charge in [-0.1, -0.05) is 12.1 Å². The van der Waals surface area contributed by atoms with Crippen LogP contribution in [0.25, 0.3) is 0 Å². The van der Waals surface area contributed by atoms with E-state index < -0.39 is 0 Å². The molecule has 1 aromatic carbocycles. The molecular formula is C12H18ClIN2. The van der Waals surface area contributed by atoms with Crippen LogP contribution in [0.2, 0.25) is 0 Å². The van der Waals surface area contributed by atoms with Gasteiger partial charge >= 0.3 is 0 Å². The van der Waals surface area contributed by atoms with Crippen LogP contribution in [0.5, 0.6) is 0 Å². The summed E-state index contributed by atoms with van der Waals surface area (Å²) in [7, 11) is 0. The highest BCUT2D eigenvalue weighted by Crippen LogP contribution is 2.13. The Bertz CT molecular complexity index is 315. The van der Waals surface area contributed by atoms with Crippen molar-refractivity contribution in [2.24, 2.45) is 5.73 Å². The Labute approximate surface area is 117 Å². The van der Waals surface area contributed by atoms with Crippen LogP contribution in [0.15, 0.2) is 24.3 Å². The lowest BCUT2D eigenvalue weighted by Crippen LogP contribution is -2.42. The second-order valence-electron chi connectivity index (χ2n) is 4.26. The molecule has 2 nitrogen and oxygen atoms in total. The maximum Gasteiger partial charge on any atom is 0.0234 e. The second-order valence-corrected chi connectivity index (χ2v) is 5.51. The summed E-state index contributed by atoms with van der Waals surface area (Å²) >= 11 is 2.34. The summed E-state index contributed by atoms with van der Waals surface area (Å²) in [4.78, 5) is 2.45. The molecule has 4 heteroatoms. The summed E-state index contributed by atoms with van der Waals surface area (Å²) in [5, 5.41) is 0. The predicted octanol–water partition coefficient (Wildman–Crippen LogP) is 2.64. The van der Waals surface area contributed by atoms with Crippen molar-refractivity contribution in [2.45, 2.75) is 25.4 Å². The Morgan fingerprint density at radius 2 is 2.00 bits per heavy atom. The summed E-state index contributed by atoms with van der Waals surface area (Å²) in [6.07, 6.45) is 2.43. The average Bonchev–Trinajstić information content (AvgIpc) is 2.22. The van der Waals surface area contributed by atoms with E-state index in [1.54, 1.807) is 0 Å². The first-order valence-electron chi connectivity index (χ1n) is 5.46. The number of nitrogens with zero attached hydrogens (tertiary/aromatic N) is 1. The molecule has 1 aliphatic rings. The molecule has 1 unspecified atom stereocenters. The minimum absolute atomic E-state index is 0. The molecule has 90 valence electrons. The van der Waals surface area contributed by atoms with Crippen molar-refractivity contribution >= 4 is 35.0 Å². The number of nitrogens with two attached hydrogens (primary N) is 1. The fraction of sp³-hybridized carbons (Fsp3) is 0.500. The quantitative estimate of drug-likeness (QED) is 0.829. The maximum absolute atomic E-state index is 5.96. The van der Waals surface area contributed by atoms with Crippen molar-refractivity contribution < 1.29 is 0 Å². The summed E-state index contributed by atoms with van der Waals surface area (Å²) in [6.45, 7) is 3.29. The van der Waals surface area contributed by atoms with Gasteiger partial charge in [-0.05, 0) is 59.7 Å². The third-order valence-corrected chi connectivity index (χ3v) is 3.58. The summed E-state index contributed by atoms with van der Waals surface area (Å²) in [5.41, 5.74) is 7.35. The zero-order chi connectivity index (χ0) is 10.7. The topological polar surface area (TPSA) is 29.3 Å². The fourth-order valence-electron chi connectivity index (χ4n) is 2.08. The number of piperidine rings is 1. The van der Waals surface area contributed by atoms with E-state index in [4.69, 9.17) is 5.73 Å².